The molecule has 0 aliphatic heterocycles. The summed E-state index contributed by atoms with van der Waals surface area (Å²) < 4.78 is 6.13. The molecule has 0 radical (unpaired) electrons. The summed E-state index contributed by atoms with van der Waals surface area (Å²) in [4.78, 5) is 5.46. The fourth-order valence-corrected chi connectivity index (χ4v) is 4.98. The van der Waals surface area contributed by atoms with Crippen LogP contribution in [0, 0.1) is 18.3 Å². The van der Waals surface area contributed by atoms with E-state index in [4.69, 9.17) is 10.00 Å². The van der Waals surface area contributed by atoms with Gasteiger partial charge in [-0.25, -0.2) is 0 Å². The van der Waals surface area contributed by atoms with Crippen LogP contribution in [0.4, 0.5) is 11.5 Å². The van der Waals surface area contributed by atoms with E-state index in [1.807, 2.05) is 48.5 Å². The summed E-state index contributed by atoms with van der Waals surface area (Å²) in [6.45, 7) is 2.08. The monoisotopic (exact) mass is 485 g/mol. The van der Waals surface area contributed by atoms with Crippen LogP contribution in [0.25, 0.3) is 32.2 Å². The smallest absolute Gasteiger partial charge is 0.161 e. The number of nitrogens with zero attached hydrogens (tertiary/aromatic N) is 4. The van der Waals surface area contributed by atoms with E-state index in [1.165, 1.54) is 5.56 Å². The minimum atomic E-state index is 0.566. The lowest BCUT2D eigenvalue weighted by Gasteiger charge is -2.12. The van der Waals surface area contributed by atoms with Gasteiger partial charge < -0.3 is 10.1 Å². The van der Waals surface area contributed by atoms with Crippen LogP contribution >= 0.6 is 11.3 Å². The predicted octanol–water partition coefficient (Wildman–Crippen LogP) is 7.62. The van der Waals surface area contributed by atoms with Gasteiger partial charge in [0.1, 0.15) is 17.2 Å². The lowest BCUT2D eigenvalue weighted by Crippen LogP contribution is -1.98. The number of nitriles is 1. The molecule has 0 unspecified atom stereocenters. The van der Waals surface area contributed by atoms with Crippen molar-refractivity contribution < 1.29 is 4.74 Å². The van der Waals surface area contributed by atoms with E-state index < -0.39 is 0 Å². The number of ether oxygens (including phenoxy) is 1. The molecule has 0 aliphatic rings. The van der Waals surface area contributed by atoms with Crippen LogP contribution in [0.5, 0.6) is 11.5 Å². The van der Waals surface area contributed by atoms with Gasteiger partial charge in [0.15, 0.2) is 5.82 Å². The van der Waals surface area contributed by atoms with Gasteiger partial charge in [-0.05, 0) is 72.5 Å². The minimum absolute atomic E-state index is 0.566. The number of pyridine rings is 1. The summed E-state index contributed by atoms with van der Waals surface area (Å²) >= 11 is 1.68. The Morgan fingerprint density at radius 2 is 1.72 bits per heavy atom. The van der Waals surface area contributed by atoms with E-state index in [2.05, 4.69) is 57.1 Å². The lowest BCUT2D eigenvalue weighted by atomic mass is 10.1. The maximum Gasteiger partial charge on any atom is 0.161 e. The van der Waals surface area contributed by atoms with Crippen molar-refractivity contribution in [1.29, 1.82) is 5.26 Å². The Morgan fingerprint density at radius 1 is 0.889 bits per heavy atom. The van der Waals surface area contributed by atoms with E-state index in [9.17, 15) is 0 Å². The van der Waals surface area contributed by atoms with Gasteiger partial charge in [0, 0.05) is 28.0 Å². The summed E-state index contributed by atoms with van der Waals surface area (Å²) in [5.41, 5.74) is 4.27. The highest BCUT2D eigenvalue weighted by atomic mass is 32.1. The highest BCUT2D eigenvalue weighted by Crippen LogP contribution is 2.35. The van der Waals surface area contributed by atoms with Gasteiger partial charge in [-0.15, -0.1) is 21.5 Å². The molecule has 0 amide bonds. The zero-order valence-corrected chi connectivity index (χ0v) is 20.1. The third-order valence-electron chi connectivity index (χ3n) is 5.83. The van der Waals surface area contributed by atoms with Gasteiger partial charge in [-0.2, -0.15) is 5.26 Å². The van der Waals surface area contributed by atoms with Crippen LogP contribution < -0.4 is 10.1 Å². The fourth-order valence-electron chi connectivity index (χ4n) is 4.08. The molecule has 0 atom stereocenters. The summed E-state index contributed by atoms with van der Waals surface area (Å²) in [5, 5.41) is 26.6. The molecule has 36 heavy (non-hydrogen) atoms. The largest absolute Gasteiger partial charge is 0.457 e. The van der Waals surface area contributed by atoms with E-state index in [-0.39, 0.29) is 0 Å². The quantitative estimate of drug-likeness (QED) is 0.270. The van der Waals surface area contributed by atoms with Gasteiger partial charge in [-0.3, -0.25) is 4.98 Å². The van der Waals surface area contributed by atoms with E-state index in [0.717, 1.165) is 37.9 Å². The highest BCUT2D eigenvalue weighted by Gasteiger charge is 2.13. The highest BCUT2D eigenvalue weighted by molar-refractivity contribution is 7.13. The van der Waals surface area contributed by atoms with Crippen molar-refractivity contribution in [3.8, 4) is 28.1 Å². The average molecular weight is 486 g/mol. The molecule has 7 heteroatoms. The molecule has 6 nitrogen and oxygen atoms in total. The Hall–Kier alpha value is -4.80. The number of rotatable bonds is 5. The van der Waals surface area contributed by atoms with Crippen molar-refractivity contribution >= 4 is 44.5 Å². The van der Waals surface area contributed by atoms with Crippen molar-refractivity contribution in [3.05, 3.63) is 102 Å². The predicted molar refractivity (Wildman–Crippen MR) is 144 cm³/mol. The number of anilines is 2. The number of benzene rings is 3. The number of nitrogens with one attached hydrogen (secondary N) is 1. The molecule has 0 saturated carbocycles. The van der Waals surface area contributed by atoms with Gasteiger partial charge in [0.25, 0.3) is 0 Å². The molecular weight excluding hydrogens is 466 g/mol. The summed E-state index contributed by atoms with van der Waals surface area (Å²) in [5.74, 6) is 2.07. The van der Waals surface area contributed by atoms with Crippen LogP contribution in [-0.4, -0.2) is 15.2 Å². The zero-order valence-electron chi connectivity index (χ0n) is 19.3. The van der Waals surface area contributed by atoms with Crippen LogP contribution in [-0.2, 0) is 0 Å². The van der Waals surface area contributed by atoms with Crippen LogP contribution in [0.1, 0.15) is 11.1 Å². The molecule has 0 saturated heterocycles. The number of hydrogen-bond acceptors (Lipinski definition) is 7. The average Bonchev–Trinajstić information content (AvgIpc) is 3.35. The molecule has 0 fully saturated rings. The summed E-state index contributed by atoms with van der Waals surface area (Å²) in [6.07, 6.45) is 1.68. The lowest BCUT2D eigenvalue weighted by molar-refractivity contribution is 0.488. The van der Waals surface area contributed by atoms with Gasteiger partial charge in [-0.1, -0.05) is 24.3 Å². The van der Waals surface area contributed by atoms with Gasteiger partial charge in [0.05, 0.1) is 22.0 Å². The first kappa shape index (κ1) is 21.7. The molecule has 3 heterocycles. The third-order valence-corrected chi connectivity index (χ3v) is 6.88. The molecule has 1 N–H and O–H groups in total. The maximum atomic E-state index is 9.14. The topological polar surface area (TPSA) is 83.7 Å². The summed E-state index contributed by atoms with van der Waals surface area (Å²) in [7, 11) is 0. The minimum Gasteiger partial charge on any atom is -0.457 e. The number of thiophene rings is 1. The SMILES string of the molecule is Cc1csc(-c2nnc(Nc3ccc(Oc4ccnc5cc(C#N)ccc45)cc3)c3ccccc23)c1. The Balaban J connectivity index is 1.27. The Kier molecular flexibility index (Phi) is 5.49. The number of fused-ring (bicyclic) bond motifs is 2. The van der Waals surface area contributed by atoms with Crippen molar-refractivity contribution in [2.24, 2.45) is 0 Å². The third kappa shape index (κ3) is 4.11. The first-order valence-electron chi connectivity index (χ1n) is 11.3. The molecule has 6 rings (SSSR count). The van der Waals surface area contributed by atoms with Gasteiger partial charge >= 0.3 is 0 Å². The number of aryl methyl sites for hydroxylation is 1. The van der Waals surface area contributed by atoms with E-state index in [1.54, 1.807) is 29.7 Å². The molecule has 3 aromatic carbocycles. The van der Waals surface area contributed by atoms with Gasteiger partial charge in [0.2, 0.25) is 0 Å². The normalized spacial score (nSPS) is 10.9. The van der Waals surface area contributed by atoms with Crippen LogP contribution in [0.3, 0.4) is 0 Å². The number of aromatic nitrogens is 3. The molecule has 6 aromatic rings. The molecule has 0 bridgehead atoms. The molecule has 3 aromatic heterocycles. The van der Waals surface area contributed by atoms with E-state index >= 15 is 0 Å². The second kappa shape index (κ2) is 9.10. The number of hydrogen-bond donors (Lipinski definition) is 1. The fraction of sp³-hybridized carbons (Fsp3) is 0.0345. The Labute approximate surface area is 211 Å². The second-order valence-corrected chi connectivity index (χ2v) is 9.25. The zero-order chi connectivity index (χ0) is 24.5. The first-order valence-corrected chi connectivity index (χ1v) is 12.2. The van der Waals surface area contributed by atoms with Crippen LogP contribution in [0.15, 0.2) is 90.4 Å². The van der Waals surface area contributed by atoms with E-state index in [0.29, 0.717) is 22.9 Å². The van der Waals surface area contributed by atoms with Crippen molar-refractivity contribution in [2.45, 2.75) is 6.92 Å². The van der Waals surface area contributed by atoms with Crippen molar-refractivity contribution in [2.75, 3.05) is 5.32 Å². The standard InChI is InChI=1S/C29H19N5OS/c1-18-14-27(36-17-18)28-22-4-2-3-5-23(22)29(34-33-28)32-20-7-9-21(10-8-20)35-26-12-13-31-25-15-19(16-30)6-11-24(25)26/h2-15,17H,1H3,(H,32,34). The van der Waals surface area contributed by atoms with Crippen molar-refractivity contribution in [1.82, 2.24) is 15.2 Å². The maximum absolute atomic E-state index is 9.14. The van der Waals surface area contributed by atoms with Crippen molar-refractivity contribution in [3.63, 3.8) is 0 Å². The molecule has 0 spiro atoms. The van der Waals surface area contributed by atoms with Crippen LogP contribution in [0.2, 0.25) is 0 Å². The Morgan fingerprint density at radius 3 is 2.50 bits per heavy atom. The first-order chi connectivity index (χ1) is 17.7. The molecule has 172 valence electrons. The molecular formula is C29H19N5OS. The molecule has 0 aliphatic carbocycles. The summed E-state index contributed by atoms with van der Waals surface area (Å²) in [6, 6.07) is 27.3. The second-order valence-electron chi connectivity index (χ2n) is 8.34. The Bertz CT molecular complexity index is 1770.